The first kappa shape index (κ1) is 16.7. The fraction of sp³-hybridized carbons (Fsp3) is 0.263. The monoisotopic (exact) mass is 310 g/mol. The van der Waals surface area contributed by atoms with Gasteiger partial charge in [-0.05, 0) is 31.0 Å². The minimum Gasteiger partial charge on any atom is -0.488 e. The van der Waals surface area contributed by atoms with Crippen LogP contribution in [0.2, 0.25) is 0 Å². The Hall–Kier alpha value is -2.62. The molecular formula is C19H22N2O2. The Kier molecular flexibility index (Phi) is 5.92. The summed E-state index contributed by atoms with van der Waals surface area (Å²) >= 11 is 0. The summed E-state index contributed by atoms with van der Waals surface area (Å²) in [5.41, 5.74) is 2.55. The zero-order chi connectivity index (χ0) is 16.7. The number of carbonyl (C=O) groups excluding carboxylic acids is 1. The summed E-state index contributed by atoms with van der Waals surface area (Å²) in [4.78, 5) is 18.4. The van der Waals surface area contributed by atoms with Gasteiger partial charge in [0.25, 0.3) is 5.91 Å². The van der Waals surface area contributed by atoms with E-state index in [4.69, 9.17) is 4.74 Å². The standard InChI is InChI=1S/C19H22N2O2/c1-4-15-9-7-8-10-16(15)14-23-18-11-12-20-13-17(18)19(22)21(5-2)6-3/h4,7-13H,1,5-6,14H2,2-3H3. The van der Waals surface area contributed by atoms with Crippen molar-refractivity contribution >= 4 is 12.0 Å². The Morgan fingerprint density at radius 3 is 2.70 bits per heavy atom. The van der Waals surface area contributed by atoms with E-state index in [1.54, 1.807) is 29.4 Å². The van der Waals surface area contributed by atoms with Gasteiger partial charge in [0.2, 0.25) is 0 Å². The van der Waals surface area contributed by atoms with Crippen LogP contribution in [-0.2, 0) is 6.61 Å². The van der Waals surface area contributed by atoms with Crippen LogP contribution < -0.4 is 4.74 Å². The molecule has 0 aliphatic rings. The van der Waals surface area contributed by atoms with E-state index in [1.807, 2.05) is 38.1 Å². The first-order valence-corrected chi connectivity index (χ1v) is 7.77. The van der Waals surface area contributed by atoms with E-state index < -0.39 is 0 Å². The molecule has 0 unspecified atom stereocenters. The molecule has 0 fully saturated rings. The van der Waals surface area contributed by atoms with Gasteiger partial charge in [-0.2, -0.15) is 0 Å². The predicted octanol–water partition coefficient (Wildman–Crippen LogP) is 3.79. The Morgan fingerprint density at radius 1 is 1.26 bits per heavy atom. The molecule has 1 amide bonds. The van der Waals surface area contributed by atoms with Crippen LogP contribution in [0.3, 0.4) is 0 Å². The maximum absolute atomic E-state index is 12.6. The summed E-state index contributed by atoms with van der Waals surface area (Å²) in [7, 11) is 0. The van der Waals surface area contributed by atoms with E-state index >= 15 is 0 Å². The van der Waals surface area contributed by atoms with Crippen LogP contribution in [0.25, 0.3) is 6.08 Å². The number of nitrogens with zero attached hydrogens (tertiary/aromatic N) is 2. The summed E-state index contributed by atoms with van der Waals surface area (Å²) in [6.45, 7) is 9.42. The lowest BCUT2D eigenvalue weighted by atomic mass is 10.1. The molecule has 1 aromatic carbocycles. The van der Waals surface area contributed by atoms with E-state index in [0.717, 1.165) is 11.1 Å². The third-order valence-electron chi connectivity index (χ3n) is 3.72. The molecule has 0 radical (unpaired) electrons. The maximum Gasteiger partial charge on any atom is 0.259 e. The van der Waals surface area contributed by atoms with Gasteiger partial charge in [-0.1, -0.05) is 36.9 Å². The number of pyridine rings is 1. The quantitative estimate of drug-likeness (QED) is 0.781. The van der Waals surface area contributed by atoms with Crippen LogP contribution in [0.1, 0.15) is 35.3 Å². The predicted molar refractivity (Wildman–Crippen MR) is 92.4 cm³/mol. The van der Waals surface area contributed by atoms with Crippen LogP contribution in [0.15, 0.2) is 49.3 Å². The molecule has 0 bridgehead atoms. The zero-order valence-electron chi connectivity index (χ0n) is 13.7. The molecule has 1 heterocycles. The van der Waals surface area contributed by atoms with Crippen molar-refractivity contribution in [2.24, 2.45) is 0 Å². The number of ether oxygens (including phenoxy) is 1. The Bertz CT molecular complexity index is 679. The number of hydrogen-bond acceptors (Lipinski definition) is 3. The number of hydrogen-bond donors (Lipinski definition) is 0. The van der Waals surface area contributed by atoms with Gasteiger partial charge in [0.15, 0.2) is 0 Å². The van der Waals surface area contributed by atoms with Crippen molar-refractivity contribution in [2.45, 2.75) is 20.5 Å². The van der Waals surface area contributed by atoms with Gasteiger partial charge in [0.1, 0.15) is 12.4 Å². The van der Waals surface area contributed by atoms with Gasteiger partial charge in [-0.25, -0.2) is 0 Å². The highest BCUT2D eigenvalue weighted by Crippen LogP contribution is 2.21. The molecule has 0 N–H and O–H groups in total. The van der Waals surface area contributed by atoms with Crippen LogP contribution in [0.5, 0.6) is 5.75 Å². The zero-order valence-corrected chi connectivity index (χ0v) is 13.7. The average molecular weight is 310 g/mol. The summed E-state index contributed by atoms with van der Waals surface area (Å²) < 4.78 is 5.89. The molecule has 2 rings (SSSR count). The van der Waals surface area contributed by atoms with Gasteiger partial charge in [-0.3, -0.25) is 9.78 Å². The van der Waals surface area contributed by atoms with Gasteiger partial charge in [0.05, 0.1) is 5.56 Å². The number of amides is 1. The molecule has 4 heteroatoms. The largest absolute Gasteiger partial charge is 0.488 e. The summed E-state index contributed by atoms with van der Waals surface area (Å²) in [5.74, 6) is 0.492. The Morgan fingerprint density at radius 2 is 2.00 bits per heavy atom. The summed E-state index contributed by atoms with van der Waals surface area (Å²) in [5, 5.41) is 0. The van der Waals surface area contributed by atoms with Crippen LogP contribution in [0, 0.1) is 0 Å². The van der Waals surface area contributed by atoms with Gasteiger partial charge in [-0.15, -0.1) is 0 Å². The highest BCUT2D eigenvalue weighted by Gasteiger charge is 2.17. The SMILES string of the molecule is C=Cc1ccccc1COc1ccncc1C(=O)N(CC)CC. The first-order chi connectivity index (χ1) is 11.2. The van der Waals surface area contributed by atoms with E-state index in [9.17, 15) is 4.79 Å². The lowest BCUT2D eigenvalue weighted by Crippen LogP contribution is -2.30. The van der Waals surface area contributed by atoms with Crippen molar-refractivity contribution in [3.63, 3.8) is 0 Å². The second kappa shape index (κ2) is 8.13. The molecule has 4 nitrogen and oxygen atoms in total. The lowest BCUT2D eigenvalue weighted by Gasteiger charge is -2.20. The lowest BCUT2D eigenvalue weighted by molar-refractivity contribution is 0.0767. The van der Waals surface area contributed by atoms with Crippen molar-refractivity contribution in [3.05, 3.63) is 66.0 Å². The summed E-state index contributed by atoms with van der Waals surface area (Å²) in [6.07, 6.45) is 5.00. The fourth-order valence-electron chi connectivity index (χ4n) is 2.37. The minimum atomic E-state index is -0.0601. The van der Waals surface area contributed by atoms with E-state index in [-0.39, 0.29) is 5.91 Å². The molecule has 0 atom stereocenters. The van der Waals surface area contributed by atoms with E-state index in [2.05, 4.69) is 11.6 Å². The van der Waals surface area contributed by atoms with Crippen molar-refractivity contribution in [3.8, 4) is 5.75 Å². The molecule has 0 aliphatic heterocycles. The number of carbonyl (C=O) groups is 1. The molecule has 0 spiro atoms. The molecule has 0 aliphatic carbocycles. The molecule has 1 aromatic heterocycles. The molecule has 0 saturated heterocycles. The topological polar surface area (TPSA) is 42.4 Å². The number of rotatable bonds is 7. The number of benzene rings is 1. The molecular weight excluding hydrogens is 288 g/mol. The number of aromatic nitrogens is 1. The van der Waals surface area contributed by atoms with Crippen LogP contribution in [-0.4, -0.2) is 28.9 Å². The smallest absolute Gasteiger partial charge is 0.259 e. The second-order valence-corrected chi connectivity index (χ2v) is 5.04. The van der Waals surface area contributed by atoms with Crippen molar-refractivity contribution in [1.29, 1.82) is 0 Å². The van der Waals surface area contributed by atoms with Gasteiger partial charge < -0.3 is 9.64 Å². The molecule has 0 saturated carbocycles. The minimum absolute atomic E-state index is 0.0601. The van der Waals surface area contributed by atoms with Crippen LogP contribution in [0.4, 0.5) is 0 Å². The van der Waals surface area contributed by atoms with Gasteiger partial charge in [0, 0.05) is 25.5 Å². The fourth-order valence-corrected chi connectivity index (χ4v) is 2.37. The third kappa shape index (κ3) is 3.97. The third-order valence-corrected chi connectivity index (χ3v) is 3.72. The first-order valence-electron chi connectivity index (χ1n) is 7.77. The Labute approximate surface area is 137 Å². The maximum atomic E-state index is 12.6. The van der Waals surface area contributed by atoms with Crippen molar-refractivity contribution in [2.75, 3.05) is 13.1 Å². The van der Waals surface area contributed by atoms with E-state index in [0.29, 0.717) is 31.0 Å². The van der Waals surface area contributed by atoms with Crippen molar-refractivity contribution in [1.82, 2.24) is 9.88 Å². The second-order valence-electron chi connectivity index (χ2n) is 5.04. The average Bonchev–Trinajstić information content (AvgIpc) is 2.61. The van der Waals surface area contributed by atoms with Crippen molar-refractivity contribution < 1.29 is 9.53 Å². The Balaban J connectivity index is 2.21. The highest BCUT2D eigenvalue weighted by atomic mass is 16.5. The van der Waals surface area contributed by atoms with E-state index in [1.165, 1.54) is 0 Å². The molecule has 120 valence electrons. The molecule has 2 aromatic rings. The highest BCUT2D eigenvalue weighted by molar-refractivity contribution is 5.96. The molecule has 23 heavy (non-hydrogen) atoms. The normalized spacial score (nSPS) is 10.2. The summed E-state index contributed by atoms with van der Waals surface area (Å²) in [6, 6.07) is 9.63. The van der Waals surface area contributed by atoms with Crippen LogP contribution >= 0.6 is 0 Å². The van der Waals surface area contributed by atoms with Gasteiger partial charge >= 0.3 is 0 Å².